The van der Waals surface area contributed by atoms with Crippen LogP contribution in [0.4, 0.5) is 16.2 Å². The molecule has 0 atom stereocenters. The van der Waals surface area contributed by atoms with Crippen LogP contribution in [-0.2, 0) is 4.74 Å². The van der Waals surface area contributed by atoms with Crippen LogP contribution in [0.15, 0.2) is 53.0 Å². The van der Waals surface area contributed by atoms with Crippen molar-refractivity contribution in [3.8, 4) is 0 Å². The monoisotopic (exact) mass is 360 g/mol. The molecule has 2 aromatic rings. The first-order chi connectivity index (χ1) is 10.6. The number of hydrogen-bond donors (Lipinski definition) is 1. The van der Waals surface area contributed by atoms with Crippen LogP contribution in [0.5, 0.6) is 0 Å². The molecule has 0 unspecified atom stereocenters. The normalized spacial score (nSPS) is 13.9. The second-order valence-corrected chi connectivity index (χ2v) is 5.60. The van der Waals surface area contributed by atoms with E-state index in [1.54, 1.807) is 36.4 Å². The lowest BCUT2D eigenvalue weighted by molar-refractivity contribution is 0.102. The Kier molecular flexibility index (Phi) is 4.11. The predicted octanol–water partition coefficient (Wildman–Crippen LogP) is 3.66. The van der Waals surface area contributed by atoms with Gasteiger partial charge < -0.3 is 10.1 Å². The van der Waals surface area contributed by atoms with Gasteiger partial charge in [-0.05, 0) is 46.3 Å². The summed E-state index contributed by atoms with van der Waals surface area (Å²) in [5, 5.41) is 2.83. The number of benzene rings is 2. The maximum atomic E-state index is 12.3. The van der Waals surface area contributed by atoms with Crippen molar-refractivity contribution >= 4 is 39.3 Å². The quantitative estimate of drug-likeness (QED) is 0.908. The highest BCUT2D eigenvalue weighted by Gasteiger charge is 2.23. The van der Waals surface area contributed by atoms with Crippen molar-refractivity contribution < 1.29 is 14.3 Å². The molecule has 1 aliphatic rings. The number of anilines is 2. The predicted molar refractivity (Wildman–Crippen MR) is 87.2 cm³/mol. The van der Waals surface area contributed by atoms with Crippen molar-refractivity contribution in [2.45, 2.75) is 0 Å². The molecule has 0 spiro atoms. The molecule has 5 nitrogen and oxygen atoms in total. The van der Waals surface area contributed by atoms with Gasteiger partial charge in [0.05, 0.1) is 12.1 Å². The Labute approximate surface area is 136 Å². The minimum absolute atomic E-state index is 0.214. The van der Waals surface area contributed by atoms with Crippen LogP contribution in [-0.4, -0.2) is 25.2 Å². The zero-order valence-electron chi connectivity index (χ0n) is 11.6. The molecule has 1 aliphatic heterocycles. The Balaban J connectivity index is 1.80. The smallest absolute Gasteiger partial charge is 0.414 e. The minimum atomic E-state index is -0.366. The van der Waals surface area contributed by atoms with E-state index in [1.807, 2.05) is 12.1 Å². The zero-order valence-corrected chi connectivity index (χ0v) is 13.2. The van der Waals surface area contributed by atoms with Crippen LogP contribution in [0.1, 0.15) is 10.4 Å². The standard InChI is InChI=1S/C16H13BrN2O3/c17-14-7-2-1-6-13(14)15(20)18-11-4-3-5-12(10-11)19-8-9-22-16(19)21/h1-7,10H,8-9H2,(H,18,20). The topological polar surface area (TPSA) is 58.6 Å². The van der Waals surface area contributed by atoms with E-state index in [0.717, 1.165) is 4.47 Å². The van der Waals surface area contributed by atoms with Crippen LogP contribution < -0.4 is 10.2 Å². The first-order valence-corrected chi connectivity index (χ1v) is 7.55. The highest BCUT2D eigenvalue weighted by atomic mass is 79.9. The van der Waals surface area contributed by atoms with Gasteiger partial charge in [-0.25, -0.2) is 4.79 Å². The van der Waals surface area contributed by atoms with E-state index >= 15 is 0 Å². The third-order valence-corrected chi connectivity index (χ3v) is 3.99. The SMILES string of the molecule is O=C(Nc1cccc(N2CCOC2=O)c1)c1ccccc1Br. The lowest BCUT2D eigenvalue weighted by Crippen LogP contribution is -2.23. The number of rotatable bonds is 3. The molecule has 3 rings (SSSR count). The van der Waals surface area contributed by atoms with Gasteiger partial charge in [-0.15, -0.1) is 0 Å². The molecule has 6 heteroatoms. The molecule has 2 amide bonds. The van der Waals surface area contributed by atoms with E-state index in [-0.39, 0.29) is 12.0 Å². The summed E-state index contributed by atoms with van der Waals surface area (Å²) in [4.78, 5) is 25.4. The summed E-state index contributed by atoms with van der Waals surface area (Å²) < 4.78 is 5.65. The van der Waals surface area contributed by atoms with E-state index in [1.165, 1.54) is 4.90 Å². The molecule has 1 saturated heterocycles. The molecule has 0 radical (unpaired) electrons. The molecule has 0 bridgehead atoms. The van der Waals surface area contributed by atoms with Gasteiger partial charge in [0, 0.05) is 15.8 Å². The second-order valence-electron chi connectivity index (χ2n) is 4.75. The van der Waals surface area contributed by atoms with Crippen molar-refractivity contribution in [3.63, 3.8) is 0 Å². The van der Waals surface area contributed by atoms with Gasteiger partial charge in [0.15, 0.2) is 0 Å². The average Bonchev–Trinajstić information content (AvgIpc) is 2.94. The van der Waals surface area contributed by atoms with Gasteiger partial charge in [-0.1, -0.05) is 18.2 Å². The van der Waals surface area contributed by atoms with E-state index in [4.69, 9.17) is 4.74 Å². The van der Waals surface area contributed by atoms with Gasteiger partial charge in [-0.2, -0.15) is 0 Å². The van der Waals surface area contributed by atoms with E-state index in [2.05, 4.69) is 21.2 Å². The summed E-state index contributed by atoms with van der Waals surface area (Å²) in [5.41, 5.74) is 1.87. The number of carbonyl (C=O) groups is 2. The number of hydrogen-bond acceptors (Lipinski definition) is 3. The van der Waals surface area contributed by atoms with E-state index < -0.39 is 0 Å². The summed E-state index contributed by atoms with van der Waals surface area (Å²) in [6, 6.07) is 14.3. The Morgan fingerprint density at radius 2 is 2.00 bits per heavy atom. The number of cyclic esters (lactones) is 1. The Bertz CT molecular complexity index is 733. The molecule has 1 fully saturated rings. The number of nitrogens with one attached hydrogen (secondary N) is 1. The Morgan fingerprint density at radius 3 is 2.73 bits per heavy atom. The molecule has 22 heavy (non-hydrogen) atoms. The average molecular weight is 361 g/mol. The third kappa shape index (κ3) is 2.96. The van der Waals surface area contributed by atoms with Crippen LogP contribution in [0.3, 0.4) is 0 Å². The summed E-state index contributed by atoms with van der Waals surface area (Å²) in [7, 11) is 0. The van der Waals surface area contributed by atoms with Crippen molar-refractivity contribution in [2.24, 2.45) is 0 Å². The van der Waals surface area contributed by atoms with Crippen LogP contribution in [0.25, 0.3) is 0 Å². The lowest BCUT2D eigenvalue weighted by atomic mass is 10.2. The molecular weight excluding hydrogens is 348 g/mol. The maximum absolute atomic E-state index is 12.3. The van der Waals surface area contributed by atoms with Gasteiger partial charge in [0.1, 0.15) is 6.61 Å². The van der Waals surface area contributed by atoms with Gasteiger partial charge in [0.2, 0.25) is 0 Å². The summed E-state index contributed by atoms with van der Waals surface area (Å²) in [6.07, 6.45) is -0.366. The summed E-state index contributed by atoms with van der Waals surface area (Å²) in [6.45, 7) is 0.896. The van der Waals surface area contributed by atoms with E-state index in [9.17, 15) is 9.59 Å². The highest BCUT2D eigenvalue weighted by molar-refractivity contribution is 9.10. The number of nitrogens with zero attached hydrogens (tertiary/aromatic N) is 1. The van der Waals surface area contributed by atoms with Crippen molar-refractivity contribution in [1.29, 1.82) is 0 Å². The van der Waals surface area contributed by atoms with Gasteiger partial charge in [0.25, 0.3) is 5.91 Å². The van der Waals surface area contributed by atoms with Crippen molar-refractivity contribution in [2.75, 3.05) is 23.4 Å². The maximum Gasteiger partial charge on any atom is 0.414 e. The molecule has 1 N–H and O–H groups in total. The molecule has 0 saturated carbocycles. The number of amides is 2. The summed E-state index contributed by atoms with van der Waals surface area (Å²) in [5.74, 6) is -0.214. The first-order valence-electron chi connectivity index (χ1n) is 6.75. The lowest BCUT2D eigenvalue weighted by Gasteiger charge is -2.14. The van der Waals surface area contributed by atoms with Gasteiger partial charge in [-0.3, -0.25) is 9.69 Å². The number of carbonyl (C=O) groups excluding carboxylic acids is 2. The Morgan fingerprint density at radius 1 is 1.18 bits per heavy atom. The second kappa shape index (κ2) is 6.19. The third-order valence-electron chi connectivity index (χ3n) is 3.29. The first kappa shape index (κ1) is 14.6. The van der Waals surface area contributed by atoms with Crippen LogP contribution in [0.2, 0.25) is 0 Å². The molecule has 1 heterocycles. The fraction of sp³-hybridized carbons (Fsp3) is 0.125. The van der Waals surface area contributed by atoms with Crippen molar-refractivity contribution in [1.82, 2.24) is 0 Å². The molecule has 0 aliphatic carbocycles. The van der Waals surface area contributed by atoms with Crippen LogP contribution in [0, 0.1) is 0 Å². The van der Waals surface area contributed by atoms with Crippen LogP contribution >= 0.6 is 15.9 Å². The molecule has 112 valence electrons. The molecule has 0 aromatic heterocycles. The number of halogens is 1. The zero-order chi connectivity index (χ0) is 15.5. The minimum Gasteiger partial charge on any atom is -0.447 e. The Hall–Kier alpha value is -2.34. The highest BCUT2D eigenvalue weighted by Crippen LogP contribution is 2.23. The van der Waals surface area contributed by atoms with Gasteiger partial charge >= 0.3 is 6.09 Å². The van der Waals surface area contributed by atoms with E-state index in [0.29, 0.717) is 30.1 Å². The fourth-order valence-corrected chi connectivity index (χ4v) is 2.69. The molecular formula is C16H13BrN2O3. The fourth-order valence-electron chi connectivity index (χ4n) is 2.22. The largest absolute Gasteiger partial charge is 0.447 e. The van der Waals surface area contributed by atoms with Crippen molar-refractivity contribution in [3.05, 3.63) is 58.6 Å². The summed E-state index contributed by atoms with van der Waals surface area (Å²) >= 11 is 3.36. The number of ether oxygens (including phenoxy) is 1. The molecule has 2 aromatic carbocycles.